The highest BCUT2D eigenvalue weighted by Crippen LogP contribution is 2.27. The van der Waals surface area contributed by atoms with Gasteiger partial charge in [0.05, 0.1) is 18.9 Å². The summed E-state index contributed by atoms with van der Waals surface area (Å²) in [7, 11) is 1.31. The van der Waals surface area contributed by atoms with E-state index in [1.54, 1.807) is 0 Å². The molecule has 2 atom stereocenters. The molecule has 17 heavy (non-hydrogen) atoms. The Bertz CT molecular complexity index is 258. The van der Waals surface area contributed by atoms with Crippen LogP contribution >= 0.6 is 0 Å². The van der Waals surface area contributed by atoms with E-state index in [2.05, 4.69) is 0 Å². The highest BCUT2D eigenvalue weighted by molar-refractivity contribution is 5.81. The zero-order valence-corrected chi connectivity index (χ0v) is 11.4. The molecule has 0 heterocycles. The van der Waals surface area contributed by atoms with Gasteiger partial charge in [-0.15, -0.1) is 0 Å². The fourth-order valence-electron chi connectivity index (χ4n) is 2.03. The van der Waals surface area contributed by atoms with Crippen molar-refractivity contribution in [3.8, 4) is 0 Å². The smallest absolute Gasteiger partial charge is 0.309 e. The molecule has 0 radical (unpaired) electrons. The van der Waals surface area contributed by atoms with Crippen molar-refractivity contribution in [2.45, 2.75) is 40.5 Å². The van der Waals surface area contributed by atoms with Crippen molar-refractivity contribution < 1.29 is 19.4 Å². The summed E-state index contributed by atoms with van der Waals surface area (Å²) in [6.07, 6.45) is 1.05. The van der Waals surface area contributed by atoms with Gasteiger partial charge >= 0.3 is 11.9 Å². The fraction of sp³-hybridized carbons (Fsp3) is 0.846. The first kappa shape index (κ1) is 15.9. The lowest BCUT2D eigenvalue weighted by Gasteiger charge is -2.24. The predicted octanol–water partition coefficient (Wildman–Crippen LogP) is 2.57. The number of carboxylic acid groups (broad SMARTS) is 1. The van der Waals surface area contributed by atoms with Gasteiger partial charge in [-0.2, -0.15) is 0 Å². The van der Waals surface area contributed by atoms with Crippen LogP contribution in [0.5, 0.6) is 0 Å². The van der Waals surface area contributed by atoms with Crippen LogP contribution in [0.2, 0.25) is 0 Å². The van der Waals surface area contributed by atoms with Gasteiger partial charge in [0.25, 0.3) is 0 Å². The summed E-state index contributed by atoms with van der Waals surface area (Å²) in [4.78, 5) is 23.0. The first-order chi connectivity index (χ1) is 7.79. The molecule has 0 aliphatic rings. The topological polar surface area (TPSA) is 63.6 Å². The van der Waals surface area contributed by atoms with Gasteiger partial charge in [-0.1, -0.05) is 27.7 Å². The van der Waals surface area contributed by atoms with E-state index in [4.69, 9.17) is 4.74 Å². The van der Waals surface area contributed by atoms with Crippen LogP contribution in [0.4, 0.5) is 0 Å². The third-order valence-electron chi connectivity index (χ3n) is 2.76. The van der Waals surface area contributed by atoms with Gasteiger partial charge in [0, 0.05) is 0 Å². The van der Waals surface area contributed by atoms with Gasteiger partial charge in [0.15, 0.2) is 0 Å². The maximum Gasteiger partial charge on any atom is 0.309 e. The minimum absolute atomic E-state index is 0.246. The second-order valence-corrected chi connectivity index (χ2v) is 5.33. The molecule has 2 unspecified atom stereocenters. The standard InChI is InChI=1S/C13H24O4/c1-8(2)6-10(12(14)15)11(7-9(3)4)13(16)17-5/h8-11H,6-7H2,1-5H3,(H,14,15). The Labute approximate surface area is 103 Å². The number of aliphatic carboxylic acids is 1. The van der Waals surface area contributed by atoms with E-state index < -0.39 is 23.8 Å². The molecular formula is C13H24O4. The van der Waals surface area contributed by atoms with Crippen LogP contribution in [0.1, 0.15) is 40.5 Å². The van der Waals surface area contributed by atoms with Crippen molar-refractivity contribution in [3.63, 3.8) is 0 Å². The lowest BCUT2D eigenvalue weighted by atomic mass is 9.81. The SMILES string of the molecule is COC(=O)C(CC(C)C)C(CC(C)C)C(=O)O. The van der Waals surface area contributed by atoms with E-state index in [9.17, 15) is 14.7 Å². The monoisotopic (exact) mass is 244 g/mol. The lowest BCUT2D eigenvalue weighted by Crippen LogP contribution is -2.33. The molecule has 0 spiro atoms. The molecule has 0 amide bonds. The van der Waals surface area contributed by atoms with E-state index >= 15 is 0 Å². The maximum atomic E-state index is 11.7. The van der Waals surface area contributed by atoms with Crippen LogP contribution in [-0.2, 0) is 14.3 Å². The highest BCUT2D eigenvalue weighted by atomic mass is 16.5. The second kappa shape index (κ2) is 7.30. The lowest BCUT2D eigenvalue weighted by molar-refractivity contribution is -0.157. The number of carboxylic acids is 1. The molecule has 100 valence electrons. The van der Waals surface area contributed by atoms with Crippen molar-refractivity contribution in [1.29, 1.82) is 0 Å². The van der Waals surface area contributed by atoms with Crippen LogP contribution in [0, 0.1) is 23.7 Å². The normalized spacial score (nSPS) is 14.8. The molecule has 0 aromatic rings. The number of carbonyl (C=O) groups excluding carboxylic acids is 1. The molecule has 0 bridgehead atoms. The van der Waals surface area contributed by atoms with Gasteiger partial charge in [0.1, 0.15) is 0 Å². The van der Waals surface area contributed by atoms with Crippen LogP contribution in [0.25, 0.3) is 0 Å². The van der Waals surface area contributed by atoms with Crippen molar-refractivity contribution >= 4 is 11.9 Å². The first-order valence-electron chi connectivity index (χ1n) is 6.10. The summed E-state index contributed by atoms with van der Waals surface area (Å²) < 4.78 is 4.72. The molecule has 0 aliphatic carbocycles. The number of rotatable bonds is 7. The molecule has 0 saturated carbocycles. The Hall–Kier alpha value is -1.06. The largest absolute Gasteiger partial charge is 0.481 e. The zero-order chi connectivity index (χ0) is 13.6. The van der Waals surface area contributed by atoms with Crippen molar-refractivity contribution in [2.24, 2.45) is 23.7 Å². The molecule has 0 saturated heterocycles. The van der Waals surface area contributed by atoms with E-state index in [0.29, 0.717) is 12.8 Å². The van der Waals surface area contributed by atoms with Crippen molar-refractivity contribution in [3.05, 3.63) is 0 Å². The number of esters is 1. The molecule has 4 heteroatoms. The van der Waals surface area contributed by atoms with Gasteiger partial charge in [0.2, 0.25) is 0 Å². The number of hydrogen-bond acceptors (Lipinski definition) is 3. The Morgan fingerprint density at radius 2 is 1.41 bits per heavy atom. The Morgan fingerprint density at radius 3 is 1.71 bits per heavy atom. The number of hydrogen-bond donors (Lipinski definition) is 1. The van der Waals surface area contributed by atoms with E-state index in [0.717, 1.165) is 0 Å². The second-order valence-electron chi connectivity index (χ2n) is 5.33. The van der Waals surface area contributed by atoms with Gasteiger partial charge in [-0.25, -0.2) is 0 Å². The van der Waals surface area contributed by atoms with Crippen molar-refractivity contribution in [2.75, 3.05) is 7.11 Å². The van der Waals surface area contributed by atoms with Gasteiger partial charge in [-0.05, 0) is 24.7 Å². The van der Waals surface area contributed by atoms with Gasteiger partial charge in [-0.3, -0.25) is 9.59 Å². The molecular weight excluding hydrogens is 220 g/mol. The first-order valence-corrected chi connectivity index (χ1v) is 6.10. The molecule has 0 aromatic carbocycles. The molecule has 0 fully saturated rings. The minimum Gasteiger partial charge on any atom is -0.481 e. The van der Waals surface area contributed by atoms with Crippen LogP contribution in [0.3, 0.4) is 0 Å². The van der Waals surface area contributed by atoms with E-state index in [-0.39, 0.29) is 11.8 Å². The third kappa shape index (κ3) is 5.71. The average molecular weight is 244 g/mol. The van der Waals surface area contributed by atoms with Crippen LogP contribution < -0.4 is 0 Å². The zero-order valence-electron chi connectivity index (χ0n) is 11.4. The summed E-state index contributed by atoms with van der Waals surface area (Å²) in [6, 6.07) is 0. The third-order valence-corrected chi connectivity index (χ3v) is 2.76. The van der Waals surface area contributed by atoms with E-state index in [1.165, 1.54) is 7.11 Å². The number of methoxy groups -OCH3 is 1. The quantitative estimate of drug-likeness (QED) is 0.699. The molecule has 1 N–H and O–H groups in total. The van der Waals surface area contributed by atoms with Gasteiger partial charge < -0.3 is 9.84 Å². The average Bonchev–Trinajstić information content (AvgIpc) is 2.21. The molecule has 0 aromatic heterocycles. The highest BCUT2D eigenvalue weighted by Gasteiger charge is 2.35. The molecule has 0 rings (SSSR count). The van der Waals surface area contributed by atoms with E-state index in [1.807, 2.05) is 27.7 Å². The number of ether oxygens (including phenoxy) is 1. The fourth-order valence-corrected chi connectivity index (χ4v) is 2.03. The summed E-state index contributed by atoms with van der Waals surface area (Å²) in [5.74, 6) is -1.99. The summed E-state index contributed by atoms with van der Waals surface area (Å²) in [6.45, 7) is 7.87. The molecule has 0 aliphatic heterocycles. The summed E-state index contributed by atoms with van der Waals surface area (Å²) >= 11 is 0. The summed E-state index contributed by atoms with van der Waals surface area (Å²) in [5, 5.41) is 9.24. The van der Waals surface area contributed by atoms with Crippen LogP contribution in [-0.4, -0.2) is 24.2 Å². The number of carbonyl (C=O) groups is 2. The summed E-state index contributed by atoms with van der Waals surface area (Å²) in [5.41, 5.74) is 0. The minimum atomic E-state index is -0.908. The van der Waals surface area contributed by atoms with Crippen LogP contribution in [0.15, 0.2) is 0 Å². The predicted molar refractivity (Wildman–Crippen MR) is 65.5 cm³/mol. The molecule has 4 nitrogen and oxygen atoms in total. The Balaban J connectivity index is 4.92. The maximum absolute atomic E-state index is 11.7. The Morgan fingerprint density at radius 1 is 1.00 bits per heavy atom. The Kier molecular flexibility index (Phi) is 6.85. The van der Waals surface area contributed by atoms with Crippen molar-refractivity contribution in [1.82, 2.24) is 0 Å².